The first-order valence-corrected chi connectivity index (χ1v) is 7.06. The maximum Gasteiger partial charge on any atom is 0.305 e. The van der Waals surface area contributed by atoms with E-state index in [1.54, 1.807) is 18.2 Å². The number of benzene rings is 1. The highest BCUT2D eigenvalue weighted by Crippen LogP contribution is 2.21. The lowest BCUT2D eigenvalue weighted by molar-refractivity contribution is -0.138. The largest absolute Gasteiger partial charge is 0.481 e. The van der Waals surface area contributed by atoms with Gasteiger partial charge in [-0.2, -0.15) is 0 Å². The normalized spacial score (nSPS) is 12.2. The number of carbonyl (C=O) groups is 2. The second-order valence-electron chi connectivity index (χ2n) is 4.63. The third-order valence-electron chi connectivity index (χ3n) is 2.51. The van der Waals surface area contributed by atoms with Crippen molar-refractivity contribution in [2.75, 3.05) is 6.61 Å². The van der Waals surface area contributed by atoms with Gasteiger partial charge in [0.15, 0.2) is 0 Å². The summed E-state index contributed by atoms with van der Waals surface area (Å²) in [5.41, 5.74) is 0.736. The van der Waals surface area contributed by atoms with Gasteiger partial charge in [-0.15, -0.1) is 0 Å². The van der Waals surface area contributed by atoms with E-state index in [0.29, 0.717) is 0 Å². The topological polar surface area (TPSA) is 75.6 Å². The van der Waals surface area contributed by atoms with Gasteiger partial charge in [-0.25, -0.2) is 0 Å². The summed E-state index contributed by atoms with van der Waals surface area (Å²) >= 11 is 3.33. The first-order valence-electron chi connectivity index (χ1n) is 6.26. The molecule has 0 heterocycles. The number of amides is 1. The number of rotatable bonds is 7. The fourth-order valence-corrected chi connectivity index (χ4v) is 2.05. The molecule has 0 saturated carbocycles. The number of halogens is 1. The van der Waals surface area contributed by atoms with E-state index >= 15 is 0 Å². The molecule has 1 amide bonds. The summed E-state index contributed by atoms with van der Waals surface area (Å²) in [7, 11) is 0. The van der Waals surface area contributed by atoms with Crippen LogP contribution in [0, 0.1) is 0 Å². The molecule has 110 valence electrons. The fraction of sp³-hybridized carbons (Fsp3) is 0.429. The SMILES string of the molecule is CC(C)OCC(=O)NC(CC(=O)O)c1cccc(Br)c1. The van der Waals surface area contributed by atoms with Crippen molar-refractivity contribution >= 4 is 27.8 Å². The summed E-state index contributed by atoms with van der Waals surface area (Å²) < 4.78 is 6.03. The van der Waals surface area contributed by atoms with Crippen LogP contribution in [-0.4, -0.2) is 29.7 Å². The van der Waals surface area contributed by atoms with E-state index in [2.05, 4.69) is 21.2 Å². The second kappa shape index (κ2) is 8.01. The van der Waals surface area contributed by atoms with Crippen molar-refractivity contribution in [3.63, 3.8) is 0 Å². The maximum atomic E-state index is 11.8. The molecule has 1 rings (SSSR count). The van der Waals surface area contributed by atoms with Crippen LogP contribution < -0.4 is 5.32 Å². The van der Waals surface area contributed by atoms with Crippen molar-refractivity contribution in [3.05, 3.63) is 34.3 Å². The number of nitrogens with one attached hydrogen (secondary N) is 1. The van der Waals surface area contributed by atoms with Gasteiger partial charge in [-0.1, -0.05) is 28.1 Å². The zero-order chi connectivity index (χ0) is 15.1. The molecule has 0 radical (unpaired) electrons. The third-order valence-corrected chi connectivity index (χ3v) is 3.01. The highest BCUT2D eigenvalue weighted by molar-refractivity contribution is 9.10. The van der Waals surface area contributed by atoms with E-state index in [1.165, 1.54) is 0 Å². The zero-order valence-electron chi connectivity index (χ0n) is 11.4. The summed E-state index contributed by atoms with van der Waals surface area (Å²) in [6.45, 7) is 3.58. The third kappa shape index (κ3) is 6.16. The number of hydrogen-bond acceptors (Lipinski definition) is 3. The van der Waals surface area contributed by atoms with E-state index in [0.717, 1.165) is 10.0 Å². The van der Waals surface area contributed by atoms with Crippen LogP contribution >= 0.6 is 15.9 Å². The highest BCUT2D eigenvalue weighted by Gasteiger charge is 2.18. The molecule has 0 aliphatic heterocycles. The van der Waals surface area contributed by atoms with Gasteiger partial charge < -0.3 is 15.2 Å². The van der Waals surface area contributed by atoms with Crippen molar-refractivity contribution < 1.29 is 19.4 Å². The lowest BCUT2D eigenvalue weighted by atomic mass is 10.0. The van der Waals surface area contributed by atoms with Gasteiger partial charge in [0.25, 0.3) is 0 Å². The Labute approximate surface area is 126 Å². The van der Waals surface area contributed by atoms with Crippen LogP contribution in [-0.2, 0) is 14.3 Å². The summed E-state index contributed by atoms with van der Waals surface area (Å²) in [6, 6.07) is 6.63. The molecule has 0 aliphatic rings. The molecule has 2 N–H and O–H groups in total. The fourth-order valence-electron chi connectivity index (χ4n) is 1.63. The van der Waals surface area contributed by atoms with Crippen LogP contribution in [0.3, 0.4) is 0 Å². The molecule has 0 spiro atoms. The Hall–Kier alpha value is -1.40. The molecule has 0 aromatic heterocycles. The van der Waals surface area contributed by atoms with Crippen molar-refractivity contribution in [3.8, 4) is 0 Å². The number of carbonyl (C=O) groups excluding carboxylic acids is 1. The van der Waals surface area contributed by atoms with Gasteiger partial charge in [0.05, 0.1) is 18.6 Å². The number of carboxylic acid groups (broad SMARTS) is 1. The Morgan fingerprint density at radius 2 is 2.10 bits per heavy atom. The predicted molar refractivity (Wildman–Crippen MR) is 78.4 cm³/mol. The molecule has 6 heteroatoms. The maximum absolute atomic E-state index is 11.8. The van der Waals surface area contributed by atoms with Gasteiger partial charge >= 0.3 is 5.97 Å². The van der Waals surface area contributed by atoms with Crippen LogP contribution in [0.2, 0.25) is 0 Å². The molecule has 5 nitrogen and oxygen atoms in total. The van der Waals surface area contributed by atoms with Crippen molar-refractivity contribution in [1.29, 1.82) is 0 Å². The van der Waals surface area contributed by atoms with Gasteiger partial charge in [0.1, 0.15) is 6.61 Å². The van der Waals surface area contributed by atoms with Crippen LogP contribution in [0.25, 0.3) is 0 Å². The highest BCUT2D eigenvalue weighted by atomic mass is 79.9. The zero-order valence-corrected chi connectivity index (χ0v) is 13.0. The number of aliphatic carboxylic acids is 1. The first-order chi connectivity index (χ1) is 9.38. The van der Waals surface area contributed by atoms with Crippen LogP contribution in [0.4, 0.5) is 0 Å². The quantitative estimate of drug-likeness (QED) is 0.797. The Bertz CT molecular complexity index is 476. The van der Waals surface area contributed by atoms with Gasteiger partial charge in [0.2, 0.25) is 5.91 Å². The van der Waals surface area contributed by atoms with Crippen LogP contribution in [0.1, 0.15) is 31.9 Å². The molecule has 0 bridgehead atoms. The number of hydrogen-bond donors (Lipinski definition) is 2. The average Bonchev–Trinajstić information content (AvgIpc) is 2.35. The molecule has 20 heavy (non-hydrogen) atoms. The van der Waals surface area contributed by atoms with E-state index in [-0.39, 0.29) is 25.0 Å². The molecule has 1 unspecified atom stereocenters. The lowest BCUT2D eigenvalue weighted by Gasteiger charge is -2.18. The minimum atomic E-state index is -0.972. The second-order valence-corrected chi connectivity index (χ2v) is 5.55. The number of carboxylic acids is 1. The first kappa shape index (κ1) is 16.7. The smallest absolute Gasteiger partial charge is 0.305 e. The standard InChI is InChI=1S/C14H18BrNO4/c1-9(2)20-8-13(17)16-12(7-14(18)19)10-4-3-5-11(15)6-10/h3-6,9,12H,7-8H2,1-2H3,(H,16,17)(H,18,19). The van der Waals surface area contributed by atoms with Gasteiger partial charge in [0, 0.05) is 4.47 Å². The van der Waals surface area contributed by atoms with Crippen molar-refractivity contribution in [2.24, 2.45) is 0 Å². The van der Waals surface area contributed by atoms with E-state index in [9.17, 15) is 9.59 Å². The molecular formula is C14H18BrNO4. The lowest BCUT2D eigenvalue weighted by Crippen LogP contribution is -2.33. The summed E-state index contributed by atoms with van der Waals surface area (Å²) in [5, 5.41) is 11.6. The Kier molecular flexibility index (Phi) is 6.67. The Morgan fingerprint density at radius 1 is 1.40 bits per heavy atom. The van der Waals surface area contributed by atoms with E-state index in [1.807, 2.05) is 19.9 Å². The minimum Gasteiger partial charge on any atom is -0.481 e. The van der Waals surface area contributed by atoms with Gasteiger partial charge in [-0.3, -0.25) is 9.59 Å². The van der Waals surface area contributed by atoms with Crippen LogP contribution in [0.15, 0.2) is 28.7 Å². The van der Waals surface area contributed by atoms with Gasteiger partial charge in [-0.05, 0) is 31.5 Å². The molecular weight excluding hydrogens is 326 g/mol. The number of ether oxygens (including phenoxy) is 1. The molecule has 0 saturated heterocycles. The van der Waals surface area contributed by atoms with Crippen molar-refractivity contribution in [2.45, 2.75) is 32.4 Å². The predicted octanol–water partition coefficient (Wildman–Crippen LogP) is 2.51. The monoisotopic (exact) mass is 343 g/mol. The summed E-state index contributed by atoms with van der Waals surface area (Å²) in [6.07, 6.45) is -0.228. The molecule has 1 atom stereocenters. The summed E-state index contributed by atoms with van der Waals surface area (Å²) in [4.78, 5) is 22.7. The Morgan fingerprint density at radius 3 is 2.65 bits per heavy atom. The van der Waals surface area contributed by atoms with E-state index < -0.39 is 12.0 Å². The summed E-state index contributed by atoms with van der Waals surface area (Å²) in [5.74, 6) is -1.30. The molecule has 0 fully saturated rings. The Balaban J connectivity index is 2.74. The van der Waals surface area contributed by atoms with E-state index in [4.69, 9.17) is 9.84 Å². The average molecular weight is 344 g/mol. The molecule has 1 aromatic rings. The van der Waals surface area contributed by atoms with Crippen LogP contribution in [0.5, 0.6) is 0 Å². The van der Waals surface area contributed by atoms with Crippen molar-refractivity contribution in [1.82, 2.24) is 5.32 Å². The molecule has 1 aromatic carbocycles. The molecule has 0 aliphatic carbocycles. The minimum absolute atomic E-state index is 0.0513.